The number of phenolic OH excluding ortho intramolecular Hbond substituents is 2. The van der Waals surface area contributed by atoms with Crippen LogP contribution in [-0.4, -0.2) is 35.9 Å². The van der Waals surface area contributed by atoms with E-state index in [2.05, 4.69) is 64.5 Å². The monoisotopic (exact) mass is 1090 g/mol. The fraction of sp³-hybridized carbons (Fsp3) is 0.318. The number of halogens is 12. The van der Waals surface area contributed by atoms with Gasteiger partial charge in [-0.25, -0.2) is 27.5 Å². The molecule has 0 amide bonds. The van der Waals surface area contributed by atoms with Gasteiger partial charge < -0.3 is 19.7 Å². The Morgan fingerprint density at radius 2 is 0.873 bits per heavy atom. The van der Waals surface area contributed by atoms with Crippen LogP contribution in [0.4, 0.5) is 46.5 Å². The summed E-state index contributed by atoms with van der Waals surface area (Å²) in [7, 11) is 9.78. The van der Waals surface area contributed by atoms with Crippen LogP contribution in [0.5, 0.6) is 23.0 Å². The van der Waals surface area contributed by atoms with Crippen LogP contribution < -0.4 is 9.47 Å². The van der Waals surface area contributed by atoms with Gasteiger partial charge in [0.25, 0.3) is 0 Å². The second kappa shape index (κ2) is 25.3. The van der Waals surface area contributed by atoms with Crippen LogP contribution in [0.2, 0.25) is 0 Å². The Kier molecular flexibility index (Phi) is 21.0. The van der Waals surface area contributed by atoms with Gasteiger partial charge in [0, 0.05) is 32.5 Å². The van der Waals surface area contributed by atoms with Crippen molar-refractivity contribution in [1.82, 2.24) is 0 Å². The van der Waals surface area contributed by atoms with Crippen molar-refractivity contribution >= 4 is 74.3 Å². The zero-order valence-corrected chi connectivity index (χ0v) is 39.6. The fourth-order valence-corrected chi connectivity index (χ4v) is 8.15. The molecule has 2 aliphatic rings. The molecule has 0 spiro atoms. The molecule has 2 aliphatic carbocycles. The molecular weight excluding hydrogens is 1050 g/mol. The molecule has 2 saturated carbocycles. The first-order valence-corrected chi connectivity index (χ1v) is 25.3. The number of aromatic hydroxyl groups is 2. The summed E-state index contributed by atoms with van der Waals surface area (Å²) in [6.07, 6.45) is 14.5. The molecular formula is C44H40Br2Cl2F8N2O4Ti. The van der Waals surface area contributed by atoms with Crippen LogP contribution in [0.1, 0.15) is 98.3 Å². The van der Waals surface area contributed by atoms with E-state index in [1.165, 1.54) is 24.3 Å². The molecule has 0 aromatic heterocycles. The Bertz CT molecular complexity index is 2110. The first-order valence-electron chi connectivity index (χ1n) is 19.4. The first kappa shape index (κ1) is 52.2. The zero-order valence-electron chi connectivity index (χ0n) is 33.3. The Balaban J connectivity index is 0.000000260. The fourth-order valence-electron chi connectivity index (χ4n) is 7.16. The topological polar surface area (TPSA) is 83.6 Å². The van der Waals surface area contributed by atoms with E-state index >= 15 is 0 Å². The second-order valence-corrected chi connectivity index (χ2v) is 18.6. The summed E-state index contributed by atoms with van der Waals surface area (Å²) in [5.41, 5.74) is -0.522. The molecule has 2 N–H and O–H groups in total. The average molecular weight is 1090 g/mol. The Hall–Kier alpha value is -3.41. The molecule has 0 saturated heterocycles. The SMILES string of the molecule is C=CCOc1c(F)c(F)c(N=Cc2cc(Br)cc(C3CCCCC3)c2O)c(F)c1F.C=CCOc1c(F)c(F)c(N=Cc2cc(Br)cc(C3CCCCC3)c2O)c(F)c1F.[Cl][Ti][Cl]. The third kappa shape index (κ3) is 13.3. The number of hydrogen-bond donors (Lipinski definition) is 2. The molecule has 63 heavy (non-hydrogen) atoms. The quantitative estimate of drug-likeness (QED) is 0.0487. The van der Waals surface area contributed by atoms with Gasteiger partial charge in [-0.3, -0.25) is 0 Å². The number of aliphatic imine (C=N–C) groups is 2. The van der Waals surface area contributed by atoms with E-state index in [0.29, 0.717) is 20.1 Å². The van der Waals surface area contributed by atoms with Crippen molar-refractivity contribution in [3.05, 3.63) is 127 Å². The third-order valence-corrected chi connectivity index (χ3v) is 11.0. The van der Waals surface area contributed by atoms with Crippen molar-refractivity contribution in [2.45, 2.75) is 76.0 Å². The van der Waals surface area contributed by atoms with Gasteiger partial charge in [-0.15, -0.1) is 0 Å². The molecule has 0 heterocycles. The van der Waals surface area contributed by atoms with Crippen LogP contribution in [0.3, 0.4) is 0 Å². The summed E-state index contributed by atoms with van der Waals surface area (Å²) in [6, 6.07) is 6.62. The van der Waals surface area contributed by atoms with E-state index in [1.54, 1.807) is 12.1 Å². The number of ether oxygens (including phenoxy) is 2. The predicted molar refractivity (Wildman–Crippen MR) is 233 cm³/mol. The molecule has 0 unspecified atom stereocenters. The Morgan fingerprint density at radius 1 is 0.571 bits per heavy atom. The standard InChI is InChI=1S/2C22H20BrF4NO2.2ClH.Ti/c2*1-2-8-30-22-18(26)16(24)20(17(25)19(22)27)28-11-13-9-14(23)10-15(21(13)29)12-6-4-3-5-7-12;;;/h2*2,9-12,29H,1,3-8H2;2*1H;/q;;;;+2/p-2. The van der Waals surface area contributed by atoms with Crippen molar-refractivity contribution in [1.29, 1.82) is 0 Å². The van der Waals surface area contributed by atoms with Crippen molar-refractivity contribution in [2.24, 2.45) is 9.98 Å². The van der Waals surface area contributed by atoms with Gasteiger partial charge >= 0.3 is 35.6 Å². The van der Waals surface area contributed by atoms with E-state index in [4.69, 9.17) is 18.6 Å². The van der Waals surface area contributed by atoms with Gasteiger partial charge in [-0.1, -0.05) is 95.7 Å². The van der Waals surface area contributed by atoms with E-state index in [9.17, 15) is 45.3 Å². The summed E-state index contributed by atoms with van der Waals surface area (Å²) in [5.74, 6) is -15.7. The van der Waals surface area contributed by atoms with E-state index < -0.39 is 86.4 Å². The van der Waals surface area contributed by atoms with Gasteiger partial charge in [0.15, 0.2) is 34.8 Å². The molecule has 4 aromatic rings. The van der Waals surface area contributed by atoms with Gasteiger partial charge in [0.1, 0.15) is 36.1 Å². The summed E-state index contributed by atoms with van der Waals surface area (Å²) in [6.45, 7) is 5.96. The molecule has 19 heteroatoms. The molecule has 0 atom stereocenters. The van der Waals surface area contributed by atoms with Crippen LogP contribution in [0.25, 0.3) is 0 Å². The van der Waals surface area contributed by atoms with Crippen LogP contribution in [0, 0.1) is 46.5 Å². The third-order valence-electron chi connectivity index (χ3n) is 10.1. The summed E-state index contributed by atoms with van der Waals surface area (Å²) in [5, 5.41) is 21.3. The number of phenols is 2. The minimum absolute atomic E-state index is 0.0680. The Labute approximate surface area is 393 Å². The van der Waals surface area contributed by atoms with Crippen LogP contribution in [0.15, 0.2) is 68.5 Å². The van der Waals surface area contributed by atoms with Crippen molar-refractivity contribution in [3.8, 4) is 23.0 Å². The molecule has 0 bridgehead atoms. The second-order valence-electron chi connectivity index (χ2n) is 14.2. The number of hydrogen-bond acceptors (Lipinski definition) is 6. The molecule has 0 aliphatic heterocycles. The summed E-state index contributed by atoms with van der Waals surface area (Å²) < 4.78 is 124. The molecule has 338 valence electrons. The van der Waals surface area contributed by atoms with Gasteiger partial charge in [0.2, 0.25) is 23.3 Å². The molecule has 2 fully saturated rings. The molecule has 4 aromatic carbocycles. The Morgan fingerprint density at radius 3 is 1.16 bits per heavy atom. The van der Waals surface area contributed by atoms with Crippen LogP contribution >= 0.6 is 50.5 Å². The van der Waals surface area contributed by atoms with Gasteiger partial charge in [0.05, 0.1) is 0 Å². The van der Waals surface area contributed by atoms with Crippen molar-refractivity contribution < 1.29 is 71.8 Å². The zero-order chi connectivity index (χ0) is 46.4. The number of rotatable bonds is 12. The van der Waals surface area contributed by atoms with Crippen LogP contribution in [-0.2, 0) is 17.0 Å². The maximum absolute atomic E-state index is 14.3. The van der Waals surface area contributed by atoms with Gasteiger partial charge in [-0.05, 0) is 72.9 Å². The molecule has 0 radical (unpaired) electrons. The number of benzene rings is 4. The maximum atomic E-state index is 14.3. The van der Waals surface area contributed by atoms with E-state index in [1.807, 2.05) is 0 Å². The summed E-state index contributed by atoms with van der Waals surface area (Å²) >= 11 is 6.16. The van der Waals surface area contributed by atoms with Crippen molar-refractivity contribution in [3.63, 3.8) is 0 Å². The van der Waals surface area contributed by atoms with E-state index in [-0.39, 0.29) is 47.7 Å². The average Bonchev–Trinajstić information content (AvgIpc) is 3.28. The predicted octanol–water partition coefficient (Wildman–Crippen LogP) is 15.5. The van der Waals surface area contributed by atoms with Crippen molar-refractivity contribution in [2.75, 3.05) is 13.2 Å². The molecule has 6 rings (SSSR count). The summed E-state index contributed by atoms with van der Waals surface area (Å²) in [4.78, 5) is 7.19. The van der Waals surface area contributed by atoms with E-state index in [0.717, 1.165) is 76.6 Å². The number of nitrogens with zero attached hydrogens (tertiary/aromatic N) is 2. The molecule has 6 nitrogen and oxygen atoms in total. The van der Waals surface area contributed by atoms with Gasteiger partial charge in [-0.2, -0.15) is 17.6 Å². The normalized spacial score (nSPS) is 14.5. The first-order chi connectivity index (χ1) is 30.1. The minimum atomic E-state index is -1.69.